The Morgan fingerprint density at radius 3 is 2.80 bits per heavy atom. The highest BCUT2D eigenvalue weighted by Gasteiger charge is 2.19. The van der Waals surface area contributed by atoms with E-state index in [1.807, 2.05) is 0 Å². The largest absolute Gasteiger partial charge is 0.478 e. The molecule has 0 bridgehead atoms. The molecule has 0 aliphatic carbocycles. The number of carbonyl (C=O) groups excluding carboxylic acids is 1. The molecule has 1 rings (SSSR count). The fraction of sp³-hybridized carbons (Fsp3) is 0.125. The van der Waals surface area contributed by atoms with Gasteiger partial charge in [-0.1, -0.05) is 11.6 Å². The van der Waals surface area contributed by atoms with Crippen LogP contribution in [0.25, 0.3) is 0 Å². The first-order valence-electron chi connectivity index (χ1n) is 3.76. The number of nitro groups is 1. The van der Waals surface area contributed by atoms with Gasteiger partial charge in [-0.3, -0.25) is 14.9 Å². The number of benzene rings is 1. The Balaban J connectivity index is 3.20. The molecule has 0 spiro atoms. The summed E-state index contributed by atoms with van der Waals surface area (Å²) in [4.78, 5) is 20.1. The fourth-order valence-corrected chi connectivity index (χ4v) is 1.85. The van der Waals surface area contributed by atoms with E-state index in [1.54, 1.807) is 0 Å². The summed E-state index contributed by atoms with van der Waals surface area (Å²) in [5.74, 6) is -0.00324. The number of hydrogen-bond donors (Lipinski definition) is 0. The summed E-state index contributed by atoms with van der Waals surface area (Å²) in [6.45, 7) is -0.249. The second kappa shape index (κ2) is 5.09. The second-order valence-electron chi connectivity index (χ2n) is 2.47. The topological polar surface area (TPSA) is 69.4 Å². The second-order valence-corrected chi connectivity index (χ2v) is 3.76. The fourth-order valence-electron chi connectivity index (χ4n) is 0.943. The van der Waals surface area contributed by atoms with Crippen molar-refractivity contribution in [1.82, 2.24) is 0 Å². The van der Waals surface area contributed by atoms with Crippen molar-refractivity contribution < 1.29 is 14.5 Å². The molecule has 0 aliphatic heterocycles. The van der Waals surface area contributed by atoms with E-state index in [0.717, 1.165) is 6.07 Å². The lowest BCUT2D eigenvalue weighted by Crippen LogP contribution is -2.02. The molecule has 0 N–H and O–H groups in total. The maximum Gasteiger partial charge on any atom is 0.313 e. The number of aldehydes is 1. The van der Waals surface area contributed by atoms with Crippen molar-refractivity contribution in [2.24, 2.45) is 0 Å². The number of nitrogens with zero attached hydrogens (tertiary/aromatic N) is 1. The zero-order valence-corrected chi connectivity index (χ0v) is 9.62. The van der Waals surface area contributed by atoms with Gasteiger partial charge in [-0.15, -0.1) is 0 Å². The molecule has 0 saturated heterocycles. The van der Waals surface area contributed by atoms with Crippen LogP contribution >= 0.6 is 27.5 Å². The maximum absolute atomic E-state index is 10.6. The molecule has 0 fully saturated rings. The van der Waals surface area contributed by atoms with Crippen LogP contribution in [0.1, 0.15) is 0 Å². The van der Waals surface area contributed by atoms with Crippen LogP contribution in [0, 0.1) is 10.1 Å². The Kier molecular flexibility index (Phi) is 4.05. The van der Waals surface area contributed by atoms with Crippen molar-refractivity contribution >= 4 is 39.5 Å². The van der Waals surface area contributed by atoms with Crippen molar-refractivity contribution in [2.45, 2.75) is 0 Å². The predicted octanol–water partition coefficient (Wildman–Crippen LogP) is 2.59. The average molecular weight is 294 g/mol. The number of nitro benzene ring substituents is 1. The zero-order chi connectivity index (χ0) is 11.4. The van der Waals surface area contributed by atoms with Crippen LogP contribution in [0.15, 0.2) is 16.6 Å². The standard InChI is InChI=1S/C8H5BrClNO4/c9-6-3-5(10)4-7(11(13)14)8(6)15-2-1-12/h1,3-4H,2H2. The summed E-state index contributed by atoms with van der Waals surface area (Å²) >= 11 is 8.71. The van der Waals surface area contributed by atoms with Crippen molar-refractivity contribution in [3.05, 3.63) is 31.7 Å². The lowest BCUT2D eigenvalue weighted by atomic mass is 10.3. The third kappa shape index (κ3) is 2.90. The number of hydrogen-bond acceptors (Lipinski definition) is 4. The first kappa shape index (κ1) is 11.9. The minimum Gasteiger partial charge on any atom is -0.478 e. The molecule has 0 saturated carbocycles. The van der Waals surface area contributed by atoms with Gasteiger partial charge in [0.25, 0.3) is 0 Å². The Labute approximate surface area is 98.3 Å². The number of halogens is 2. The maximum atomic E-state index is 10.6. The Bertz CT molecular complexity index is 410. The van der Waals surface area contributed by atoms with Gasteiger partial charge in [0.15, 0.2) is 6.29 Å². The molecule has 15 heavy (non-hydrogen) atoms. The van der Waals surface area contributed by atoms with Gasteiger partial charge in [-0.25, -0.2) is 0 Å². The molecular weight excluding hydrogens is 289 g/mol. The third-order valence-corrected chi connectivity index (χ3v) is 2.29. The van der Waals surface area contributed by atoms with Crippen LogP contribution in [0.3, 0.4) is 0 Å². The van der Waals surface area contributed by atoms with E-state index in [0.29, 0.717) is 10.8 Å². The monoisotopic (exact) mass is 293 g/mol. The van der Waals surface area contributed by atoms with Gasteiger partial charge in [0, 0.05) is 11.1 Å². The van der Waals surface area contributed by atoms with E-state index in [-0.39, 0.29) is 23.1 Å². The zero-order valence-electron chi connectivity index (χ0n) is 7.28. The van der Waals surface area contributed by atoms with Crippen molar-refractivity contribution in [3.63, 3.8) is 0 Å². The van der Waals surface area contributed by atoms with E-state index in [9.17, 15) is 14.9 Å². The van der Waals surface area contributed by atoms with Crippen molar-refractivity contribution in [3.8, 4) is 5.75 Å². The van der Waals surface area contributed by atoms with E-state index in [4.69, 9.17) is 16.3 Å². The minimum atomic E-state index is -0.628. The van der Waals surface area contributed by atoms with Crippen LogP contribution in [0.5, 0.6) is 5.75 Å². The molecule has 7 heteroatoms. The minimum absolute atomic E-state index is 0.00324. The van der Waals surface area contributed by atoms with Crippen LogP contribution in [0.4, 0.5) is 5.69 Å². The van der Waals surface area contributed by atoms with Crippen LogP contribution in [-0.4, -0.2) is 17.8 Å². The quantitative estimate of drug-likeness (QED) is 0.486. The highest BCUT2D eigenvalue weighted by Crippen LogP contribution is 2.37. The van der Waals surface area contributed by atoms with E-state index < -0.39 is 4.92 Å². The summed E-state index contributed by atoms with van der Waals surface area (Å²) in [6.07, 6.45) is 0.505. The Morgan fingerprint density at radius 1 is 1.60 bits per heavy atom. The number of ether oxygens (including phenoxy) is 1. The number of rotatable bonds is 4. The summed E-state index contributed by atoms with van der Waals surface area (Å²) < 4.78 is 5.25. The first-order valence-corrected chi connectivity index (χ1v) is 4.93. The van der Waals surface area contributed by atoms with Crippen LogP contribution in [-0.2, 0) is 4.79 Å². The molecule has 0 amide bonds. The van der Waals surface area contributed by atoms with Crippen molar-refractivity contribution in [2.75, 3.05) is 6.61 Å². The molecule has 1 aromatic rings. The molecular formula is C8H5BrClNO4. The van der Waals surface area contributed by atoms with Gasteiger partial charge in [-0.05, 0) is 22.0 Å². The van der Waals surface area contributed by atoms with Gasteiger partial charge >= 0.3 is 5.69 Å². The molecule has 0 aromatic heterocycles. The Hall–Kier alpha value is -1.14. The Morgan fingerprint density at radius 2 is 2.27 bits per heavy atom. The predicted molar refractivity (Wildman–Crippen MR) is 57.4 cm³/mol. The van der Waals surface area contributed by atoms with Gasteiger partial charge in [0.2, 0.25) is 5.75 Å². The molecule has 0 aliphatic rings. The molecule has 5 nitrogen and oxygen atoms in total. The lowest BCUT2D eigenvalue weighted by Gasteiger charge is -2.05. The molecule has 0 radical (unpaired) electrons. The smallest absolute Gasteiger partial charge is 0.313 e. The van der Waals surface area contributed by atoms with Gasteiger partial charge in [-0.2, -0.15) is 0 Å². The summed E-state index contributed by atoms with van der Waals surface area (Å²) in [5, 5.41) is 10.9. The summed E-state index contributed by atoms with van der Waals surface area (Å²) in [7, 11) is 0. The number of carbonyl (C=O) groups is 1. The third-order valence-electron chi connectivity index (χ3n) is 1.48. The van der Waals surface area contributed by atoms with Crippen molar-refractivity contribution in [1.29, 1.82) is 0 Å². The van der Waals surface area contributed by atoms with E-state index >= 15 is 0 Å². The van der Waals surface area contributed by atoms with Gasteiger partial charge in [0.05, 0.1) is 9.40 Å². The average Bonchev–Trinajstić information content (AvgIpc) is 2.15. The van der Waals surface area contributed by atoms with E-state index in [2.05, 4.69) is 15.9 Å². The molecule has 0 unspecified atom stereocenters. The van der Waals surface area contributed by atoms with Crippen LogP contribution < -0.4 is 4.74 Å². The summed E-state index contributed by atoms with van der Waals surface area (Å²) in [5.41, 5.74) is -0.281. The molecule has 0 atom stereocenters. The highest BCUT2D eigenvalue weighted by molar-refractivity contribution is 9.10. The lowest BCUT2D eigenvalue weighted by molar-refractivity contribution is -0.385. The highest BCUT2D eigenvalue weighted by atomic mass is 79.9. The molecule has 0 heterocycles. The van der Waals surface area contributed by atoms with E-state index in [1.165, 1.54) is 6.07 Å². The molecule has 1 aromatic carbocycles. The molecule has 80 valence electrons. The first-order chi connectivity index (χ1) is 7.06. The summed E-state index contributed by atoms with van der Waals surface area (Å²) in [6, 6.07) is 2.61. The van der Waals surface area contributed by atoms with Gasteiger partial charge in [0.1, 0.15) is 6.61 Å². The van der Waals surface area contributed by atoms with Crippen LogP contribution in [0.2, 0.25) is 5.02 Å². The normalized spacial score (nSPS) is 9.73. The SMILES string of the molecule is O=CCOc1c(Br)cc(Cl)cc1[N+](=O)[O-]. The van der Waals surface area contributed by atoms with Gasteiger partial charge < -0.3 is 4.74 Å².